The maximum atomic E-state index is 12.0. The zero-order chi connectivity index (χ0) is 18.0. The van der Waals surface area contributed by atoms with Crippen molar-refractivity contribution in [2.45, 2.75) is 71.6 Å². The standard InChI is InChI=1S/C21H30N2O2/c1-5-6-12-23-16-8-7-11-22-15(16)13-17(23)21(25)18(24)14-9-10-20(21,4)19(14,2)3/h7-8,11,13-14,18,24-25H,5-6,9-10,12H2,1-4H3. The fourth-order valence-electron chi connectivity index (χ4n) is 5.78. The number of aromatic nitrogens is 2. The summed E-state index contributed by atoms with van der Waals surface area (Å²) >= 11 is 0. The molecule has 2 aromatic rings. The maximum Gasteiger partial charge on any atom is 0.136 e. The van der Waals surface area contributed by atoms with Gasteiger partial charge in [0.2, 0.25) is 0 Å². The summed E-state index contributed by atoms with van der Waals surface area (Å²) in [6, 6.07) is 6.02. The molecule has 4 atom stereocenters. The van der Waals surface area contributed by atoms with Gasteiger partial charge in [-0.25, -0.2) is 0 Å². The van der Waals surface area contributed by atoms with E-state index in [2.05, 4.69) is 43.3 Å². The Balaban J connectivity index is 1.95. The highest BCUT2D eigenvalue weighted by atomic mass is 16.3. The van der Waals surface area contributed by atoms with Crippen molar-refractivity contribution in [3.05, 3.63) is 30.1 Å². The van der Waals surface area contributed by atoms with Gasteiger partial charge in [0.1, 0.15) is 5.60 Å². The van der Waals surface area contributed by atoms with Crippen LogP contribution >= 0.6 is 0 Å². The van der Waals surface area contributed by atoms with Crippen LogP contribution in [0.2, 0.25) is 0 Å². The highest BCUT2D eigenvalue weighted by Crippen LogP contribution is 2.72. The van der Waals surface area contributed by atoms with Gasteiger partial charge in [0.15, 0.2) is 0 Å². The van der Waals surface area contributed by atoms with Crippen LogP contribution in [0.3, 0.4) is 0 Å². The first-order valence-electron chi connectivity index (χ1n) is 9.64. The molecule has 2 aliphatic carbocycles. The number of fused-ring (bicyclic) bond motifs is 3. The molecule has 0 amide bonds. The SMILES string of the molecule is CCCCn1c(C2(O)C(O)C3CCC2(C)C3(C)C)cc2ncccc21. The molecule has 25 heavy (non-hydrogen) atoms. The summed E-state index contributed by atoms with van der Waals surface area (Å²) in [6.45, 7) is 9.61. The number of hydrogen-bond acceptors (Lipinski definition) is 3. The topological polar surface area (TPSA) is 58.3 Å². The van der Waals surface area contributed by atoms with E-state index in [0.29, 0.717) is 0 Å². The molecular formula is C21H30N2O2. The molecule has 4 heteroatoms. The lowest BCUT2D eigenvalue weighted by atomic mass is 9.63. The fourth-order valence-corrected chi connectivity index (χ4v) is 5.78. The second-order valence-corrected chi connectivity index (χ2v) is 8.85. The molecule has 2 bridgehead atoms. The highest BCUT2D eigenvalue weighted by molar-refractivity contribution is 5.77. The van der Waals surface area contributed by atoms with Gasteiger partial charge >= 0.3 is 0 Å². The normalized spacial score (nSPS) is 36.4. The molecular weight excluding hydrogens is 312 g/mol. The summed E-state index contributed by atoms with van der Waals surface area (Å²) in [4.78, 5) is 4.51. The third-order valence-corrected chi connectivity index (χ3v) is 7.75. The monoisotopic (exact) mass is 342 g/mol. The van der Waals surface area contributed by atoms with E-state index in [4.69, 9.17) is 0 Å². The summed E-state index contributed by atoms with van der Waals surface area (Å²) < 4.78 is 2.21. The molecule has 2 heterocycles. The number of aliphatic hydroxyl groups excluding tert-OH is 1. The molecule has 2 saturated carbocycles. The lowest BCUT2D eigenvalue weighted by molar-refractivity contribution is -0.159. The lowest BCUT2D eigenvalue weighted by Gasteiger charge is -2.46. The Morgan fingerprint density at radius 2 is 2.08 bits per heavy atom. The Kier molecular flexibility index (Phi) is 3.62. The van der Waals surface area contributed by atoms with E-state index < -0.39 is 11.7 Å². The average molecular weight is 342 g/mol. The Hall–Kier alpha value is -1.39. The predicted molar refractivity (Wildman–Crippen MR) is 99.2 cm³/mol. The molecule has 4 nitrogen and oxygen atoms in total. The van der Waals surface area contributed by atoms with Gasteiger partial charge in [-0.3, -0.25) is 4.98 Å². The second-order valence-electron chi connectivity index (χ2n) is 8.85. The number of nitrogens with zero attached hydrogens (tertiary/aromatic N) is 2. The summed E-state index contributed by atoms with van der Waals surface area (Å²) in [5, 5.41) is 23.2. The van der Waals surface area contributed by atoms with Crippen LogP contribution in [0.1, 0.15) is 59.1 Å². The van der Waals surface area contributed by atoms with Gasteiger partial charge in [0.25, 0.3) is 0 Å². The van der Waals surface area contributed by atoms with Crippen molar-refractivity contribution >= 4 is 11.0 Å². The zero-order valence-corrected chi connectivity index (χ0v) is 15.8. The van der Waals surface area contributed by atoms with Crippen LogP contribution < -0.4 is 0 Å². The van der Waals surface area contributed by atoms with Gasteiger partial charge < -0.3 is 14.8 Å². The lowest BCUT2D eigenvalue weighted by Crippen LogP contribution is -2.52. The molecule has 0 aliphatic heterocycles. The van der Waals surface area contributed by atoms with Gasteiger partial charge in [0, 0.05) is 18.2 Å². The Bertz CT molecular complexity index is 811. The van der Waals surface area contributed by atoms with Crippen molar-refractivity contribution in [1.29, 1.82) is 0 Å². The van der Waals surface area contributed by atoms with E-state index in [1.165, 1.54) is 0 Å². The zero-order valence-electron chi connectivity index (χ0n) is 15.8. The van der Waals surface area contributed by atoms with Gasteiger partial charge in [-0.2, -0.15) is 0 Å². The van der Waals surface area contributed by atoms with Crippen molar-refractivity contribution in [2.75, 3.05) is 0 Å². The van der Waals surface area contributed by atoms with Crippen LogP contribution in [0.5, 0.6) is 0 Å². The Morgan fingerprint density at radius 3 is 2.72 bits per heavy atom. The van der Waals surface area contributed by atoms with E-state index in [1.54, 1.807) is 6.20 Å². The Labute approximate surface area is 149 Å². The average Bonchev–Trinajstić information content (AvgIpc) is 3.10. The quantitative estimate of drug-likeness (QED) is 0.887. The Morgan fingerprint density at radius 1 is 1.32 bits per heavy atom. The minimum absolute atomic E-state index is 0.0966. The van der Waals surface area contributed by atoms with E-state index in [9.17, 15) is 10.2 Å². The number of aryl methyl sites for hydroxylation is 1. The van der Waals surface area contributed by atoms with Crippen molar-refractivity contribution in [1.82, 2.24) is 9.55 Å². The van der Waals surface area contributed by atoms with Crippen molar-refractivity contribution in [2.24, 2.45) is 16.7 Å². The smallest absolute Gasteiger partial charge is 0.136 e. The van der Waals surface area contributed by atoms with Crippen molar-refractivity contribution in [3.8, 4) is 0 Å². The summed E-state index contributed by atoms with van der Waals surface area (Å²) in [5.41, 5.74) is 1.13. The number of hydrogen-bond donors (Lipinski definition) is 2. The first-order chi connectivity index (χ1) is 11.8. The third-order valence-electron chi connectivity index (χ3n) is 7.75. The van der Waals surface area contributed by atoms with Crippen LogP contribution in [0.25, 0.3) is 11.0 Å². The highest BCUT2D eigenvalue weighted by Gasteiger charge is 2.74. The molecule has 136 valence electrons. The molecule has 2 N–H and O–H groups in total. The summed E-state index contributed by atoms with van der Waals surface area (Å²) in [7, 11) is 0. The van der Waals surface area contributed by atoms with E-state index in [-0.39, 0.29) is 16.7 Å². The minimum atomic E-state index is -1.23. The van der Waals surface area contributed by atoms with Crippen LogP contribution in [-0.4, -0.2) is 25.9 Å². The molecule has 0 radical (unpaired) electrons. The van der Waals surface area contributed by atoms with Gasteiger partial charge in [-0.1, -0.05) is 34.1 Å². The maximum absolute atomic E-state index is 12.0. The molecule has 4 unspecified atom stereocenters. The van der Waals surface area contributed by atoms with Crippen molar-refractivity contribution in [3.63, 3.8) is 0 Å². The number of aliphatic hydroxyl groups is 2. The summed E-state index contributed by atoms with van der Waals surface area (Å²) in [5.74, 6) is 0.132. The van der Waals surface area contributed by atoms with Gasteiger partial charge in [-0.15, -0.1) is 0 Å². The van der Waals surface area contributed by atoms with Crippen LogP contribution in [0, 0.1) is 16.7 Å². The van der Waals surface area contributed by atoms with E-state index in [1.807, 2.05) is 12.1 Å². The van der Waals surface area contributed by atoms with Gasteiger partial charge in [-0.05, 0) is 48.8 Å². The van der Waals surface area contributed by atoms with Crippen LogP contribution in [0.15, 0.2) is 24.4 Å². The summed E-state index contributed by atoms with van der Waals surface area (Å²) in [6.07, 6.45) is 5.13. The number of unbranched alkanes of at least 4 members (excludes halogenated alkanes) is 1. The minimum Gasteiger partial charge on any atom is -0.389 e. The first kappa shape index (κ1) is 17.0. The van der Waals surface area contributed by atoms with Crippen LogP contribution in [-0.2, 0) is 12.1 Å². The first-order valence-corrected chi connectivity index (χ1v) is 9.64. The van der Waals surface area contributed by atoms with E-state index >= 15 is 0 Å². The molecule has 2 aliphatic rings. The van der Waals surface area contributed by atoms with Crippen LogP contribution in [0.4, 0.5) is 0 Å². The largest absolute Gasteiger partial charge is 0.389 e. The third kappa shape index (κ3) is 1.87. The number of pyridine rings is 1. The van der Waals surface area contributed by atoms with E-state index in [0.717, 1.165) is 49.0 Å². The predicted octanol–water partition coefficient (Wildman–Crippen LogP) is 3.84. The molecule has 2 fully saturated rings. The fraction of sp³-hybridized carbons (Fsp3) is 0.667. The number of rotatable bonds is 4. The molecule has 0 saturated heterocycles. The second kappa shape index (κ2) is 5.31. The molecule has 0 aromatic carbocycles. The molecule has 2 aromatic heterocycles. The van der Waals surface area contributed by atoms with Gasteiger partial charge in [0.05, 0.1) is 22.8 Å². The molecule has 4 rings (SSSR count). The molecule has 0 spiro atoms. The van der Waals surface area contributed by atoms with Crippen molar-refractivity contribution < 1.29 is 10.2 Å².